The normalized spacial score (nSPS) is 10.2. The van der Waals surface area contributed by atoms with Crippen LogP contribution in [0.15, 0.2) is 28.8 Å². The number of nitrogen functional groups attached to an aromatic ring is 1. The Bertz CT molecular complexity index is 561. The maximum absolute atomic E-state index is 11.5. The number of benzene rings is 1. The SMILES string of the molecule is COC(=O)c1noc(N)c1-c1cccc(C)c1. The Kier molecular flexibility index (Phi) is 2.82. The van der Waals surface area contributed by atoms with Gasteiger partial charge in [0.15, 0.2) is 0 Å². The highest BCUT2D eigenvalue weighted by Gasteiger charge is 2.22. The van der Waals surface area contributed by atoms with Crippen LogP contribution in [-0.2, 0) is 4.74 Å². The Balaban J connectivity index is 2.58. The zero-order chi connectivity index (χ0) is 12.4. The van der Waals surface area contributed by atoms with Crippen molar-refractivity contribution in [3.8, 4) is 11.1 Å². The zero-order valence-electron chi connectivity index (χ0n) is 9.56. The lowest BCUT2D eigenvalue weighted by Crippen LogP contribution is -2.03. The van der Waals surface area contributed by atoms with E-state index in [1.807, 2.05) is 31.2 Å². The first-order valence-electron chi connectivity index (χ1n) is 5.04. The van der Waals surface area contributed by atoms with Crippen molar-refractivity contribution in [1.29, 1.82) is 0 Å². The first-order valence-corrected chi connectivity index (χ1v) is 5.04. The molecule has 0 saturated heterocycles. The maximum Gasteiger partial charge on any atom is 0.361 e. The molecule has 0 spiro atoms. The van der Waals surface area contributed by atoms with Crippen LogP contribution in [0.5, 0.6) is 0 Å². The van der Waals surface area contributed by atoms with E-state index in [1.165, 1.54) is 7.11 Å². The second-order valence-corrected chi connectivity index (χ2v) is 3.63. The number of methoxy groups -OCH3 is 1. The van der Waals surface area contributed by atoms with Gasteiger partial charge < -0.3 is 15.0 Å². The van der Waals surface area contributed by atoms with Crippen LogP contribution in [0.2, 0.25) is 0 Å². The van der Waals surface area contributed by atoms with Crippen LogP contribution in [-0.4, -0.2) is 18.2 Å². The molecule has 5 nitrogen and oxygen atoms in total. The number of ether oxygens (including phenoxy) is 1. The number of esters is 1. The highest BCUT2D eigenvalue weighted by molar-refractivity contribution is 5.97. The topological polar surface area (TPSA) is 78.3 Å². The zero-order valence-corrected chi connectivity index (χ0v) is 9.56. The lowest BCUT2D eigenvalue weighted by Gasteiger charge is -2.02. The molecule has 1 aromatic carbocycles. The third kappa shape index (κ3) is 1.99. The Labute approximate surface area is 98.2 Å². The molecule has 0 amide bonds. The summed E-state index contributed by atoms with van der Waals surface area (Å²) >= 11 is 0. The summed E-state index contributed by atoms with van der Waals surface area (Å²) in [5.74, 6) is -0.460. The second-order valence-electron chi connectivity index (χ2n) is 3.63. The first-order chi connectivity index (χ1) is 8.13. The van der Waals surface area contributed by atoms with E-state index in [0.717, 1.165) is 11.1 Å². The van der Waals surface area contributed by atoms with Crippen LogP contribution in [0, 0.1) is 6.92 Å². The summed E-state index contributed by atoms with van der Waals surface area (Å²) in [7, 11) is 1.28. The Morgan fingerprint density at radius 3 is 2.88 bits per heavy atom. The van der Waals surface area contributed by atoms with E-state index in [0.29, 0.717) is 5.56 Å². The molecule has 88 valence electrons. The largest absolute Gasteiger partial charge is 0.464 e. The van der Waals surface area contributed by atoms with Gasteiger partial charge in [0.2, 0.25) is 11.6 Å². The van der Waals surface area contributed by atoms with Gasteiger partial charge in [-0.05, 0) is 12.5 Å². The number of aryl methyl sites for hydroxylation is 1. The summed E-state index contributed by atoms with van der Waals surface area (Å²) < 4.78 is 9.46. The molecule has 2 N–H and O–H groups in total. The number of anilines is 1. The van der Waals surface area contributed by atoms with Gasteiger partial charge in [0, 0.05) is 0 Å². The van der Waals surface area contributed by atoms with Crippen LogP contribution >= 0.6 is 0 Å². The molecule has 0 aliphatic heterocycles. The standard InChI is InChI=1S/C12H12N2O3/c1-7-4-3-5-8(6-7)9-10(12(15)16-2)14-17-11(9)13/h3-6H,13H2,1-2H3. The number of carbonyl (C=O) groups excluding carboxylic acids is 1. The molecule has 0 bridgehead atoms. The van der Waals surface area contributed by atoms with Gasteiger partial charge >= 0.3 is 5.97 Å². The van der Waals surface area contributed by atoms with E-state index in [1.54, 1.807) is 0 Å². The van der Waals surface area contributed by atoms with E-state index in [9.17, 15) is 4.79 Å². The number of rotatable bonds is 2. The fraction of sp³-hybridized carbons (Fsp3) is 0.167. The molecule has 0 saturated carbocycles. The molecule has 0 atom stereocenters. The van der Waals surface area contributed by atoms with Gasteiger partial charge in [0.05, 0.1) is 12.7 Å². The van der Waals surface area contributed by atoms with Crippen LogP contribution < -0.4 is 5.73 Å². The molecule has 0 radical (unpaired) electrons. The van der Waals surface area contributed by atoms with Crippen molar-refractivity contribution in [1.82, 2.24) is 5.16 Å². The van der Waals surface area contributed by atoms with Crippen molar-refractivity contribution in [2.75, 3.05) is 12.8 Å². The van der Waals surface area contributed by atoms with Crippen LogP contribution in [0.4, 0.5) is 5.88 Å². The number of nitrogens with zero attached hydrogens (tertiary/aromatic N) is 1. The molecule has 2 aromatic rings. The summed E-state index contributed by atoms with van der Waals surface area (Å²) in [5.41, 5.74) is 8.08. The van der Waals surface area contributed by atoms with Crippen molar-refractivity contribution in [3.63, 3.8) is 0 Å². The lowest BCUT2D eigenvalue weighted by atomic mass is 10.0. The molecule has 0 fully saturated rings. The third-order valence-corrected chi connectivity index (χ3v) is 2.40. The van der Waals surface area contributed by atoms with Crippen molar-refractivity contribution in [2.24, 2.45) is 0 Å². The van der Waals surface area contributed by atoms with E-state index < -0.39 is 5.97 Å². The molecule has 2 rings (SSSR count). The third-order valence-electron chi connectivity index (χ3n) is 2.40. The number of aromatic nitrogens is 1. The predicted molar refractivity (Wildman–Crippen MR) is 62.4 cm³/mol. The molecule has 5 heteroatoms. The summed E-state index contributed by atoms with van der Waals surface area (Å²) in [4.78, 5) is 11.5. The number of carbonyl (C=O) groups is 1. The Morgan fingerprint density at radius 2 is 2.24 bits per heavy atom. The molecule has 1 aromatic heterocycles. The fourth-order valence-corrected chi connectivity index (χ4v) is 1.62. The van der Waals surface area contributed by atoms with Crippen LogP contribution in [0.1, 0.15) is 16.1 Å². The van der Waals surface area contributed by atoms with Crippen molar-refractivity contribution in [2.45, 2.75) is 6.92 Å². The van der Waals surface area contributed by atoms with Gasteiger partial charge in [0.25, 0.3) is 0 Å². The molecular weight excluding hydrogens is 220 g/mol. The average Bonchev–Trinajstić information content (AvgIpc) is 2.70. The van der Waals surface area contributed by atoms with Crippen molar-refractivity contribution in [3.05, 3.63) is 35.5 Å². The average molecular weight is 232 g/mol. The Hall–Kier alpha value is -2.30. The van der Waals surface area contributed by atoms with E-state index in [4.69, 9.17) is 10.3 Å². The highest BCUT2D eigenvalue weighted by atomic mass is 16.5. The van der Waals surface area contributed by atoms with E-state index in [-0.39, 0.29) is 11.6 Å². The summed E-state index contributed by atoms with van der Waals surface area (Å²) in [5, 5.41) is 3.62. The summed E-state index contributed by atoms with van der Waals surface area (Å²) in [6.07, 6.45) is 0. The smallest absolute Gasteiger partial charge is 0.361 e. The predicted octanol–water partition coefficient (Wildman–Crippen LogP) is 2.02. The molecule has 0 unspecified atom stereocenters. The van der Waals surface area contributed by atoms with Gasteiger partial charge in [-0.1, -0.05) is 35.0 Å². The molecule has 0 aliphatic carbocycles. The molecule has 0 aliphatic rings. The number of hydrogen-bond donors (Lipinski definition) is 1. The van der Waals surface area contributed by atoms with Crippen molar-refractivity contribution < 1.29 is 14.1 Å². The number of hydrogen-bond acceptors (Lipinski definition) is 5. The van der Waals surface area contributed by atoms with Gasteiger partial charge in [0.1, 0.15) is 0 Å². The first kappa shape index (κ1) is 11.2. The highest BCUT2D eigenvalue weighted by Crippen LogP contribution is 2.30. The Morgan fingerprint density at radius 1 is 1.47 bits per heavy atom. The molecule has 17 heavy (non-hydrogen) atoms. The van der Waals surface area contributed by atoms with E-state index >= 15 is 0 Å². The lowest BCUT2D eigenvalue weighted by molar-refractivity contribution is 0.0590. The fourth-order valence-electron chi connectivity index (χ4n) is 1.62. The second kappa shape index (κ2) is 4.29. The minimum atomic E-state index is -0.568. The summed E-state index contributed by atoms with van der Waals surface area (Å²) in [6, 6.07) is 7.56. The minimum absolute atomic E-state index is 0.0931. The quantitative estimate of drug-likeness (QED) is 0.801. The maximum atomic E-state index is 11.5. The van der Waals surface area contributed by atoms with Crippen LogP contribution in [0.3, 0.4) is 0 Å². The van der Waals surface area contributed by atoms with Crippen LogP contribution in [0.25, 0.3) is 11.1 Å². The van der Waals surface area contributed by atoms with Gasteiger partial charge in [-0.25, -0.2) is 4.79 Å². The van der Waals surface area contributed by atoms with Gasteiger partial charge in [-0.2, -0.15) is 0 Å². The monoisotopic (exact) mass is 232 g/mol. The minimum Gasteiger partial charge on any atom is -0.464 e. The molecule has 1 heterocycles. The summed E-state index contributed by atoms with van der Waals surface area (Å²) in [6.45, 7) is 1.95. The number of nitrogens with two attached hydrogens (primary N) is 1. The van der Waals surface area contributed by atoms with Gasteiger partial charge in [-0.15, -0.1) is 0 Å². The van der Waals surface area contributed by atoms with Gasteiger partial charge in [-0.3, -0.25) is 0 Å². The van der Waals surface area contributed by atoms with Crippen molar-refractivity contribution >= 4 is 11.9 Å². The van der Waals surface area contributed by atoms with E-state index in [2.05, 4.69) is 9.89 Å². The molecular formula is C12H12N2O3.